The van der Waals surface area contributed by atoms with Gasteiger partial charge >= 0.3 is 0 Å². The zero-order chi connectivity index (χ0) is 16.1. The van der Waals surface area contributed by atoms with Gasteiger partial charge in [0.15, 0.2) is 0 Å². The lowest BCUT2D eigenvalue weighted by Gasteiger charge is -2.19. The van der Waals surface area contributed by atoms with Gasteiger partial charge in [0, 0.05) is 0 Å². The van der Waals surface area contributed by atoms with Crippen molar-refractivity contribution in [3.63, 3.8) is 0 Å². The van der Waals surface area contributed by atoms with Crippen LogP contribution in [0.3, 0.4) is 0 Å². The van der Waals surface area contributed by atoms with Gasteiger partial charge in [-0.2, -0.15) is 0 Å². The summed E-state index contributed by atoms with van der Waals surface area (Å²) in [7, 11) is 3.30. The molecule has 3 nitrogen and oxygen atoms in total. The van der Waals surface area contributed by atoms with Gasteiger partial charge in [0.25, 0.3) is 0 Å². The molecule has 22 heavy (non-hydrogen) atoms. The van der Waals surface area contributed by atoms with Crippen molar-refractivity contribution in [3.8, 4) is 11.5 Å². The van der Waals surface area contributed by atoms with Crippen molar-refractivity contribution in [3.05, 3.63) is 59.2 Å². The van der Waals surface area contributed by atoms with Crippen LogP contribution in [0.15, 0.2) is 42.5 Å². The second-order valence-electron chi connectivity index (χ2n) is 5.89. The van der Waals surface area contributed by atoms with Crippen molar-refractivity contribution in [1.29, 1.82) is 0 Å². The van der Waals surface area contributed by atoms with Crippen LogP contribution in [0.1, 0.15) is 36.6 Å². The maximum absolute atomic E-state index is 6.46. The van der Waals surface area contributed by atoms with Crippen LogP contribution in [0, 0.1) is 5.92 Å². The van der Waals surface area contributed by atoms with Crippen LogP contribution in [-0.2, 0) is 6.42 Å². The highest BCUT2D eigenvalue weighted by atomic mass is 16.5. The van der Waals surface area contributed by atoms with Crippen molar-refractivity contribution < 1.29 is 9.47 Å². The molecule has 0 bridgehead atoms. The summed E-state index contributed by atoms with van der Waals surface area (Å²) in [6.07, 6.45) is 1.08. The van der Waals surface area contributed by atoms with E-state index in [9.17, 15) is 0 Å². The Kier molecular flexibility index (Phi) is 5.45. The van der Waals surface area contributed by atoms with Crippen LogP contribution in [0.2, 0.25) is 0 Å². The quantitative estimate of drug-likeness (QED) is 0.878. The van der Waals surface area contributed by atoms with Crippen LogP contribution >= 0.6 is 0 Å². The number of ether oxygens (including phenoxy) is 2. The summed E-state index contributed by atoms with van der Waals surface area (Å²) in [6, 6.07) is 13.9. The molecule has 0 aliphatic rings. The molecule has 0 radical (unpaired) electrons. The van der Waals surface area contributed by atoms with Gasteiger partial charge in [0.05, 0.1) is 25.8 Å². The van der Waals surface area contributed by atoms with E-state index in [1.54, 1.807) is 14.2 Å². The molecule has 2 N–H and O–H groups in total. The van der Waals surface area contributed by atoms with E-state index in [2.05, 4.69) is 38.1 Å². The summed E-state index contributed by atoms with van der Waals surface area (Å²) in [5, 5.41) is 0. The maximum atomic E-state index is 6.46. The minimum atomic E-state index is -0.279. The van der Waals surface area contributed by atoms with Crippen LogP contribution in [0.4, 0.5) is 0 Å². The molecule has 1 unspecified atom stereocenters. The summed E-state index contributed by atoms with van der Waals surface area (Å²) < 4.78 is 10.9. The average Bonchev–Trinajstić information content (AvgIpc) is 2.53. The van der Waals surface area contributed by atoms with Gasteiger partial charge < -0.3 is 15.2 Å². The number of benzene rings is 2. The molecule has 0 aromatic heterocycles. The third kappa shape index (κ3) is 3.60. The largest absolute Gasteiger partial charge is 0.496 e. The monoisotopic (exact) mass is 299 g/mol. The molecule has 0 spiro atoms. The zero-order valence-electron chi connectivity index (χ0n) is 13.8. The van der Waals surface area contributed by atoms with Crippen LogP contribution in [0.25, 0.3) is 0 Å². The molecule has 2 rings (SSSR count). The fourth-order valence-electron chi connectivity index (χ4n) is 2.69. The van der Waals surface area contributed by atoms with E-state index < -0.39 is 0 Å². The minimum absolute atomic E-state index is 0.279. The van der Waals surface area contributed by atoms with E-state index in [1.165, 1.54) is 5.56 Å². The second kappa shape index (κ2) is 7.32. The predicted octanol–water partition coefficient (Wildman–Crippen LogP) is 3.95. The molecular weight excluding hydrogens is 274 g/mol. The third-order valence-corrected chi connectivity index (χ3v) is 3.76. The predicted molar refractivity (Wildman–Crippen MR) is 90.6 cm³/mol. The molecule has 0 fully saturated rings. The van der Waals surface area contributed by atoms with Crippen LogP contribution < -0.4 is 15.2 Å². The van der Waals surface area contributed by atoms with Gasteiger partial charge in [-0.25, -0.2) is 0 Å². The first-order chi connectivity index (χ1) is 10.6. The molecule has 2 aromatic carbocycles. The van der Waals surface area contributed by atoms with Crippen LogP contribution in [0.5, 0.6) is 11.5 Å². The Balaban J connectivity index is 2.33. The van der Waals surface area contributed by atoms with Crippen molar-refractivity contribution in [2.75, 3.05) is 14.2 Å². The van der Waals surface area contributed by atoms with E-state index in [0.29, 0.717) is 5.92 Å². The SMILES string of the molecule is COc1cccc(OC)c1C(N)c1ccc(CC(C)C)cc1. The van der Waals surface area contributed by atoms with E-state index in [0.717, 1.165) is 29.0 Å². The van der Waals surface area contributed by atoms with Crippen molar-refractivity contribution >= 4 is 0 Å². The van der Waals surface area contributed by atoms with Gasteiger partial charge in [0.2, 0.25) is 0 Å². The molecule has 0 saturated heterocycles. The molecule has 0 aliphatic carbocycles. The van der Waals surface area contributed by atoms with Gasteiger partial charge in [0.1, 0.15) is 11.5 Å². The van der Waals surface area contributed by atoms with E-state index >= 15 is 0 Å². The number of hydrogen-bond donors (Lipinski definition) is 1. The standard InChI is InChI=1S/C19H25NO2/c1-13(2)12-14-8-10-15(11-9-14)19(20)18-16(21-3)6-5-7-17(18)22-4/h5-11,13,19H,12,20H2,1-4H3. The van der Waals surface area contributed by atoms with Gasteiger partial charge in [-0.15, -0.1) is 0 Å². The first kappa shape index (κ1) is 16.4. The summed E-state index contributed by atoms with van der Waals surface area (Å²) in [6.45, 7) is 4.44. The highest BCUT2D eigenvalue weighted by Crippen LogP contribution is 2.36. The van der Waals surface area contributed by atoms with Crippen molar-refractivity contribution in [2.24, 2.45) is 11.7 Å². The molecule has 1 atom stereocenters. The number of hydrogen-bond acceptors (Lipinski definition) is 3. The van der Waals surface area contributed by atoms with E-state index in [4.69, 9.17) is 15.2 Å². The Labute approximate surface area is 133 Å². The Morgan fingerprint density at radius 2 is 1.45 bits per heavy atom. The highest BCUT2D eigenvalue weighted by molar-refractivity contribution is 5.50. The Morgan fingerprint density at radius 1 is 0.909 bits per heavy atom. The molecule has 0 saturated carbocycles. The first-order valence-electron chi connectivity index (χ1n) is 7.62. The Morgan fingerprint density at radius 3 is 1.91 bits per heavy atom. The topological polar surface area (TPSA) is 44.5 Å². The molecule has 0 heterocycles. The Bertz CT molecular complexity index is 583. The maximum Gasteiger partial charge on any atom is 0.127 e. The minimum Gasteiger partial charge on any atom is -0.496 e. The van der Waals surface area contributed by atoms with Crippen molar-refractivity contribution in [1.82, 2.24) is 0 Å². The summed E-state index contributed by atoms with van der Waals surface area (Å²) in [4.78, 5) is 0. The molecule has 2 aromatic rings. The fourth-order valence-corrected chi connectivity index (χ4v) is 2.69. The Hall–Kier alpha value is -2.00. The van der Waals surface area contributed by atoms with Crippen molar-refractivity contribution in [2.45, 2.75) is 26.3 Å². The normalized spacial score (nSPS) is 12.3. The molecule has 118 valence electrons. The number of rotatable bonds is 6. The summed E-state index contributed by atoms with van der Waals surface area (Å²) in [5.41, 5.74) is 9.72. The third-order valence-electron chi connectivity index (χ3n) is 3.76. The average molecular weight is 299 g/mol. The number of methoxy groups -OCH3 is 2. The lowest BCUT2D eigenvalue weighted by Crippen LogP contribution is -2.14. The fraction of sp³-hybridized carbons (Fsp3) is 0.368. The number of nitrogens with two attached hydrogens (primary N) is 1. The molecular formula is C19H25NO2. The van der Waals surface area contributed by atoms with E-state index in [-0.39, 0.29) is 6.04 Å². The van der Waals surface area contributed by atoms with Gasteiger partial charge in [-0.05, 0) is 35.6 Å². The summed E-state index contributed by atoms with van der Waals surface area (Å²) >= 11 is 0. The summed E-state index contributed by atoms with van der Waals surface area (Å²) in [5.74, 6) is 2.14. The molecule has 3 heteroatoms. The lowest BCUT2D eigenvalue weighted by molar-refractivity contribution is 0.382. The molecule has 0 aliphatic heterocycles. The highest BCUT2D eigenvalue weighted by Gasteiger charge is 2.19. The van der Waals surface area contributed by atoms with Crippen LogP contribution in [-0.4, -0.2) is 14.2 Å². The lowest BCUT2D eigenvalue weighted by atomic mass is 9.95. The smallest absolute Gasteiger partial charge is 0.127 e. The second-order valence-corrected chi connectivity index (χ2v) is 5.89. The van der Waals surface area contributed by atoms with Gasteiger partial charge in [-0.1, -0.05) is 44.2 Å². The van der Waals surface area contributed by atoms with Gasteiger partial charge in [-0.3, -0.25) is 0 Å². The van der Waals surface area contributed by atoms with E-state index in [1.807, 2.05) is 18.2 Å². The molecule has 0 amide bonds. The zero-order valence-corrected chi connectivity index (χ0v) is 13.8. The first-order valence-corrected chi connectivity index (χ1v) is 7.62.